The number of nitriles is 1. The second-order valence-corrected chi connectivity index (χ2v) is 7.65. The standard InChI is InChI=1S/C24H19F3N6O3/c1-14-20(33(19(29)10-11-34)21(30)16-8-6-15(13-28)7-9-16)22(35)31(2)23(36)32(14)18-5-3-4-17(12-18)24(25,26)27/h3-9,11-12,29-30H,10H2,1-2H3. The predicted octanol–water partition coefficient (Wildman–Crippen LogP) is 3.13. The number of hydrogen-bond donors (Lipinski definition) is 2. The van der Waals surface area contributed by atoms with Crippen LogP contribution in [0.5, 0.6) is 0 Å². The van der Waals surface area contributed by atoms with Gasteiger partial charge in [-0.2, -0.15) is 18.4 Å². The maximum absolute atomic E-state index is 13.3. The van der Waals surface area contributed by atoms with E-state index in [4.69, 9.17) is 16.1 Å². The van der Waals surface area contributed by atoms with Crippen LogP contribution in [0.2, 0.25) is 0 Å². The second kappa shape index (κ2) is 9.83. The molecule has 36 heavy (non-hydrogen) atoms. The van der Waals surface area contributed by atoms with E-state index in [1.54, 1.807) is 0 Å². The minimum Gasteiger partial charge on any atom is -0.303 e. The number of carbonyl (C=O) groups is 1. The van der Waals surface area contributed by atoms with Crippen molar-refractivity contribution < 1.29 is 18.0 Å². The molecule has 12 heteroatoms. The molecule has 3 rings (SSSR count). The molecule has 0 fully saturated rings. The fourth-order valence-corrected chi connectivity index (χ4v) is 3.57. The van der Waals surface area contributed by atoms with E-state index in [-0.39, 0.29) is 22.6 Å². The van der Waals surface area contributed by atoms with Crippen LogP contribution in [0.25, 0.3) is 5.69 Å². The number of rotatable bonds is 5. The Hall–Kier alpha value is -4.79. The van der Waals surface area contributed by atoms with E-state index in [0.717, 1.165) is 34.7 Å². The zero-order valence-electron chi connectivity index (χ0n) is 19.1. The van der Waals surface area contributed by atoms with Crippen molar-refractivity contribution in [3.05, 3.63) is 91.8 Å². The number of aldehydes is 1. The summed E-state index contributed by atoms with van der Waals surface area (Å²) in [5.74, 6) is -0.894. The molecular formula is C24H19F3N6O3. The highest BCUT2D eigenvalue weighted by Gasteiger charge is 2.32. The predicted molar refractivity (Wildman–Crippen MR) is 126 cm³/mol. The molecule has 0 bridgehead atoms. The molecule has 1 aromatic heterocycles. The maximum Gasteiger partial charge on any atom is 0.416 e. The number of nitrogens with one attached hydrogen (secondary N) is 2. The number of halogens is 3. The third-order valence-corrected chi connectivity index (χ3v) is 5.38. The molecule has 0 aliphatic heterocycles. The highest BCUT2D eigenvalue weighted by atomic mass is 19.4. The van der Waals surface area contributed by atoms with Gasteiger partial charge in [0.2, 0.25) is 0 Å². The van der Waals surface area contributed by atoms with Gasteiger partial charge in [-0.1, -0.05) is 6.07 Å². The monoisotopic (exact) mass is 496 g/mol. The van der Waals surface area contributed by atoms with Crippen LogP contribution < -0.4 is 16.1 Å². The summed E-state index contributed by atoms with van der Waals surface area (Å²) in [7, 11) is 1.12. The van der Waals surface area contributed by atoms with Crippen LogP contribution in [0.1, 0.15) is 28.8 Å². The number of carbonyl (C=O) groups excluding carboxylic acids is 1. The highest BCUT2D eigenvalue weighted by molar-refractivity contribution is 6.24. The molecule has 2 aromatic carbocycles. The van der Waals surface area contributed by atoms with Gasteiger partial charge in [-0.3, -0.25) is 29.6 Å². The van der Waals surface area contributed by atoms with Gasteiger partial charge >= 0.3 is 11.9 Å². The molecule has 0 unspecified atom stereocenters. The first-order valence-electron chi connectivity index (χ1n) is 10.3. The molecule has 3 aromatic rings. The van der Waals surface area contributed by atoms with Crippen LogP contribution in [-0.4, -0.2) is 27.1 Å². The fourth-order valence-electron chi connectivity index (χ4n) is 3.57. The summed E-state index contributed by atoms with van der Waals surface area (Å²) < 4.78 is 41.5. The van der Waals surface area contributed by atoms with Gasteiger partial charge in [0, 0.05) is 12.6 Å². The number of anilines is 1. The van der Waals surface area contributed by atoms with Crippen molar-refractivity contribution >= 4 is 23.6 Å². The number of benzene rings is 2. The molecule has 0 radical (unpaired) electrons. The molecule has 9 nitrogen and oxygen atoms in total. The van der Waals surface area contributed by atoms with Gasteiger partial charge in [0.15, 0.2) is 0 Å². The van der Waals surface area contributed by atoms with Crippen LogP contribution in [0, 0.1) is 29.1 Å². The molecule has 0 amide bonds. The highest BCUT2D eigenvalue weighted by Crippen LogP contribution is 2.30. The quantitative estimate of drug-likeness (QED) is 0.318. The molecule has 0 aliphatic carbocycles. The van der Waals surface area contributed by atoms with Crippen molar-refractivity contribution in [1.82, 2.24) is 9.13 Å². The van der Waals surface area contributed by atoms with Gasteiger partial charge in [0.1, 0.15) is 23.6 Å². The number of aromatic nitrogens is 2. The summed E-state index contributed by atoms with van der Waals surface area (Å²) in [5, 5.41) is 26.1. The van der Waals surface area contributed by atoms with E-state index in [1.807, 2.05) is 6.07 Å². The van der Waals surface area contributed by atoms with Gasteiger partial charge < -0.3 is 4.79 Å². The Labute approximate surface area is 202 Å². The van der Waals surface area contributed by atoms with Gasteiger partial charge in [-0.25, -0.2) is 4.79 Å². The van der Waals surface area contributed by atoms with Gasteiger partial charge in [-0.05, 0) is 49.4 Å². The lowest BCUT2D eigenvalue weighted by Crippen LogP contribution is -2.47. The van der Waals surface area contributed by atoms with E-state index in [1.165, 1.54) is 37.3 Å². The lowest BCUT2D eigenvalue weighted by molar-refractivity contribution is -0.137. The average molecular weight is 496 g/mol. The summed E-state index contributed by atoms with van der Waals surface area (Å²) in [4.78, 5) is 38.2. The Bertz CT molecular complexity index is 1530. The minimum absolute atomic E-state index is 0.142. The Kier molecular flexibility index (Phi) is 7.05. The molecule has 0 spiro atoms. The van der Waals surface area contributed by atoms with Crippen LogP contribution in [-0.2, 0) is 18.0 Å². The van der Waals surface area contributed by atoms with E-state index in [2.05, 4.69) is 0 Å². The third-order valence-electron chi connectivity index (χ3n) is 5.38. The van der Waals surface area contributed by atoms with E-state index in [0.29, 0.717) is 16.4 Å². The van der Waals surface area contributed by atoms with Gasteiger partial charge in [0.05, 0.1) is 35.0 Å². The Balaban J connectivity index is 2.33. The molecule has 0 saturated carbocycles. The first-order valence-corrected chi connectivity index (χ1v) is 10.3. The first-order chi connectivity index (χ1) is 16.9. The van der Waals surface area contributed by atoms with Crippen LogP contribution >= 0.6 is 0 Å². The SMILES string of the molecule is Cc1c(N(C(=N)CC=O)C(=N)c2ccc(C#N)cc2)c(=O)n(C)c(=O)n1-c1cccc(C(F)(F)F)c1. The van der Waals surface area contributed by atoms with Crippen molar-refractivity contribution in [3.8, 4) is 11.8 Å². The fraction of sp³-hybridized carbons (Fsp3) is 0.167. The minimum atomic E-state index is -4.69. The van der Waals surface area contributed by atoms with E-state index >= 15 is 0 Å². The molecule has 184 valence electrons. The molecular weight excluding hydrogens is 477 g/mol. The van der Waals surface area contributed by atoms with Gasteiger partial charge in [0.25, 0.3) is 5.56 Å². The van der Waals surface area contributed by atoms with Crippen LogP contribution in [0.4, 0.5) is 18.9 Å². The van der Waals surface area contributed by atoms with Crippen molar-refractivity contribution in [3.63, 3.8) is 0 Å². The zero-order chi connectivity index (χ0) is 26.8. The van der Waals surface area contributed by atoms with Crippen LogP contribution in [0.15, 0.2) is 58.1 Å². The van der Waals surface area contributed by atoms with Crippen molar-refractivity contribution in [2.24, 2.45) is 7.05 Å². The third kappa shape index (κ3) is 4.72. The van der Waals surface area contributed by atoms with Crippen molar-refractivity contribution in [1.29, 1.82) is 16.1 Å². The summed E-state index contributed by atoms with van der Waals surface area (Å²) in [6.45, 7) is 1.30. The number of hydrogen-bond acceptors (Lipinski definition) is 6. The maximum atomic E-state index is 13.3. The Morgan fingerprint density at radius 3 is 2.33 bits per heavy atom. The average Bonchev–Trinajstić information content (AvgIpc) is 2.85. The molecule has 1 heterocycles. The smallest absolute Gasteiger partial charge is 0.303 e. The summed E-state index contributed by atoms with van der Waals surface area (Å²) in [5.41, 5.74) is -3.09. The topological polar surface area (TPSA) is 136 Å². The van der Waals surface area contributed by atoms with Gasteiger partial charge in [-0.15, -0.1) is 0 Å². The molecule has 0 aliphatic rings. The number of alkyl halides is 3. The lowest BCUT2D eigenvalue weighted by Gasteiger charge is -2.27. The van der Waals surface area contributed by atoms with E-state index < -0.39 is 41.1 Å². The Morgan fingerprint density at radius 2 is 1.78 bits per heavy atom. The second-order valence-electron chi connectivity index (χ2n) is 7.65. The lowest BCUT2D eigenvalue weighted by atomic mass is 10.1. The van der Waals surface area contributed by atoms with Crippen molar-refractivity contribution in [2.75, 3.05) is 4.90 Å². The summed E-state index contributed by atoms with van der Waals surface area (Å²) in [6.07, 6.45) is -4.79. The molecule has 0 saturated heterocycles. The zero-order valence-corrected chi connectivity index (χ0v) is 19.1. The van der Waals surface area contributed by atoms with Crippen molar-refractivity contribution in [2.45, 2.75) is 19.5 Å². The number of amidine groups is 2. The van der Waals surface area contributed by atoms with Crippen LogP contribution in [0.3, 0.4) is 0 Å². The van der Waals surface area contributed by atoms with E-state index in [9.17, 15) is 27.6 Å². The summed E-state index contributed by atoms with van der Waals surface area (Å²) >= 11 is 0. The summed E-state index contributed by atoms with van der Waals surface area (Å²) in [6, 6.07) is 11.5. The molecule has 0 atom stereocenters. The largest absolute Gasteiger partial charge is 0.416 e. The Morgan fingerprint density at radius 1 is 1.14 bits per heavy atom. The normalized spacial score (nSPS) is 11.0. The number of nitrogens with zero attached hydrogens (tertiary/aromatic N) is 4. The first kappa shape index (κ1) is 25.8. The molecule has 2 N–H and O–H groups in total.